The molecule has 92 valence electrons. The average Bonchev–Trinajstić information content (AvgIpc) is 2.87. The summed E-state index contributed by atoms with van der Waals surface area (Å²) in [6.45, 7) is 4.27. The van der Waals surface area contributed by atoms with E-state index in [1.54, 1.807) is 17.0 Å². The maximum Gasteiger partial charge on any atom is 0.214 e. The highest BCUT2D eigenvalue weighted by Gasteiger charge is 2.13. The minimum Gasteiger partial charge on any atom is -0.444 e. The Kier molecular flexibility index (Phi) is 2.29. The van der Waals surface area contributed by atoms with E-state index in [1.165, 1.54) is 0 Å². The molecule has 0 aliphatic rings. The molecule has 0 atom stereocenters. The highest BCUT2D eigenvalue weighted by Crippen LogP contribution is 2.19. The number of hydrogen-bond donors (Lipinski definition) is 1. The quantitative estimate of drug-likeness (QED) is 0.740. The number of pyridine rings is 1. The predicted octanol–water partition coefficient (Wildman–Crippen LogP) is 1.67. The maximum atomic E-state index is 5.92. The Bertz CT molecular complexity index is 712. The van der Waals surface area contributed by atoms with Crippen LogP contribution in [-0.2, 0) is 6.54 Å². The lowest BCUT2D eigenvalue weighted by molar-refractivity contribution is 0.460. The summed E-state index contributed by atoms with van der Waals surface area (Å²) in [6, 6.07) is 1.91. The van der Waals surface area contributed by atoms with Crippen LogP contribution in [0.2, 0.25) is 0 Å². The number of aryl methyl sites for hydroxylation is 2. The molecule has 3 aromatic heterocycles. The number of hydrogen-bond acceptors (Lipinski definition) is 5. The van der Waals surface area contributed by atoms with E-state index < -0.39 is 0 Å². The Morgan fingerprint density at radius 2 is 2.17 bits per heavy atom. The Morgan fingerprint density at radius 1 is 1.33 bits per heavy atom. The first kappa shape index (κ1) is 10.8. The second-order valence-corrected chi connectivity index (χ2v) is 4.22. The molecule has 0 bridgehead atoms. The van der Waals surface area contributed by atoms with Gasteiger partial charge in [0.1, 0.15) is 17.8 Å². The number of anilines is 1. The second-order valence-electron chi connectivity index (χ2n) is 4.22. The van der Waals surface area contributed by atoms with E-state index in [2.05, 4.69) is 15.0 Å². The van der Waals surface area contributed by atoms with Crippen LogP contribution in [0.4, 0.5) is 5.95 Å². The summed E-state index contributed by atoms with van der Waals surface area (Å²) in [4.78, 5) is 12.8. The molecule has 0 amide bonds. The van der Waals surface area contributed by atoms with E-state index in [1.807, 2.05) is 19.9 Å². The van der Waals surface area contributed by atoms with Crippen molar-refractivity contribution in [2.24, 2.45) is 0 Å². The Hall–Kier alpha value is -2.37. The molecule has 0 aliphatic heterocycles. The van der Waals surface area contributed by atoms with Gasteiger partial charge in [-0.15, -0.1) is 0 Å². The van der Waals surface area contributed by atoms with Crippen LogP contribution in [0.25, 0.3) is 11.2 Å². The van der Waals surface area contributed by atoms with Crippen LogP contribution in [0.5, 0.6) is 0 Å². The molecule has 0 fully saturated rings. The molecule has 0 aromatic carbocycles. The highest BCUT2D eigenvalue weighted by atomic mass is 16.4. The van der Waals surface area contributed by atoms with E-state index in [9.17, 15) is 0 Å². The number of oxazole rings is 1. The van der Waals surface area contributed by atoms with Crippen molar-refractivity contribution in [3.05, 3.63) is 35.7 Å². The third-order valence-electron chi connectivity index (χ3n) is 2.83. The third kappa shape index (κ3) is 1.62. The number of aromatic nitrogens is 4. The van der Waals surface area contributed by atoms with Gasteiger partial charge in [-0.05, 0) is 25.5 Å². The first-order valence-corrected chi connectivity index (χ1v) is 5.64. The van der Waals surface area contributed by atoms with Crippen LogP contribution >= 0.6 is 0 Å². The normalized spacial score (nSPS) is 11.2. The van der Waals surface area contributed by atoms with Crippen molar-refractivity contribution < 1.29 is 4.42 Å². The van der Waals surface area contributed by atoms with Gasteiger partial charge in [-0.1, -0.05) is 0 Å². The fraction of sp³-hybridized carbons (Fsp3) is 0.250. The molecule has 6 nitrogen and oxygen atoms in total. The van der Waals surface area contributed by atoms with Gasteiger partial charge in [0.05, 0.1) is 6.20 Å². The van der Waals surface area contributed by atoms with Gasteiger partial charge >= 0.3 is 0 Å². The fourth-order valence-corrected chi connectivity index (χ4v) is 1.92. The van der Waals surface area contributed by atoms with Crippen LogP contribution in [0.15, 0.2) is 22.9 Å². The lowest BCUT2D eigenvalue weighted by Crippen LogP contribution is -2.05. The van der Waals surface area contributed by atoms with Gasteiger partial charge in [-0.2, -0.15) is 0 Å². The number of nitrogens with zero attached hydrogens (tertiary/aromatic N) is 4. The van der Waals surface area contributed by atoms with Crippen molar-refractivity contribution in [1.82, 2.24) is 19.5 Å². The number of rotatable bonds is 2. The van der Waals surface area contributed by atoms with Crippen molar-refractivity contribution in [3.8, 4) is 0 Å². The van der Waals surface area contributed by atoms with E-state index in [0.29, 0.717) is 18.4 Å². The van der Waals surface area contributed by atoms with Crippen molar-refractivity contribution in [1.29, 1.82) is 0 Å². The predicted molar refractivity (Wildman–Crippen MR) is 67.0 cm³/mol. The molecule has 3 heterocycles. The summed E-state index contributed by atoms with van der Waals surface area (Å²) in [5, 5.41) is 0. The van der Waals surface area contributed by atoms with Crippen LogP contribution in [-0.4, -0.2) is 19.5 Å². The summed E-state index contributed by atoms with van der Waals surface area (Å²) in [6.07, 6.45) is 3.43. The van der Waals surface area contributed by atoms with Crippen molar-refractivity contribution in [2.75, 3.05) is 5.73 Å². The second kappa shape index (κ2) is 3.83. The van der Waals surface area contributed by atoms with E-state index in [0.717, 1.165) is 22.5 Å². The third-order valence-corrected chi connectivity index (χ3v) is 2.83. The van der Waals surface area contributed by atoms with Crippen LogP contribution in [0, 0.1) is 13.8 Å². The minimum absolute atomic E-state index is 0.419. The zero-order chi connectivity index (χ0) is 12.7. The Labute approximate surface area is 103 Å². The first-order chi connectivity index (χ1) is 8.65. The maximum absolute atomic E-state index is 5.92. The molecule has 0 radical (unpaired) electrons. The highest BCUT2D eigenvalue weighted by molar-refractivity contribution is 5.77. The first-order valence-electron chi connectivity index (χ1n) is 5.64. The molecular formula is C12H13N5O. The molecule has 0 saturated heterocycles. The molecule has 0 spiro atoms. The molecule has 3 aromatic rings. The fourth-order valence-electron chi connectivity index (χ4n) is 1.92. The number of nitrogens with two attached hydrogens (primary N) is 1. The van der Waals surface area contributed by atoms with Crippen LogP contribution in [0.3, 0.4) is 0 Å². The number of nitrogen functional groups attached to an aromatic ring is 1. The summed E-state index contributed by atoms with van der Waals surface area (Å²) in [5.41, 5.74) is 8.54. The van der Waals surface area contributed by atoms with Crippen molar-refractivity contribution in [2.45, 2.75) is 20.4 Å². The molecular weight excluding hydrogens is 230 g/mol. The molecule has 3 rings (SSSR count). The van der Waals surface area contributed by atoms with Crippen molar-refractivity contribution in [3.63, 3.8) is 0 Å². The summed E-state index contributed by atoms with van der Waals surface area (Å²) in [7, 11) is 0. The number of fused-ring (bicyclic) bond motifs is 1. The largest absolute Gasteiger partial charge is 0.444 e. The molecule has 18 heavy (non-hydrogen) atoms. The van der Waals surface area contributed by atoms with Crippen molar-refractivity contribution >= 4 is 17.1 Å². The van der Waals surface area contributed by atoms with Gasteiger partial charge < -0.3 is 10.2 Å². The standard InChI is InChI=1S/C12H13N5O/c1-7-3-4-14-11-10(7)16-12(13)17(11)6-9-15-5-8(2)18-9/h3-5H,6H2,1-2H3,(H2,13,16). The topological polar surface area (TPSA) is 82.8 Å². The molecule has 6 heteroatoms. The van der Waals surface area contributed by atoms with Gasteiger partial charge in [0.25, 0.3) is 0 Å². The number of imidazole rings is 1. The zero-order valence-corrected chi connectivity index (χ0v) is 10.2. The van der Waals surface area contributed by atoms with Gasteiger partial charge in [0.15, 0.2) is 5.65 Å². The smallest absolute Gasteiger partial charge is 0.214 e. The van der Waals surface area contributed by atoms with E-state index in [4.69, 9.17) is 10.2 Å². The van der Waals surface area contributed by atoms with Gasteiger partial charge in [-0.3, -0.25) is 4.57 Å². The molecule has 0 saturated carbocycles. The summed E-state index contributed by atoms with van der Waals surface area (Å²) < 4.78 is 7.25. The van der Waals surface area contributed by atoms with Crippen LogP contribution < -0.4 is 5.73 Å². The Morgan fingerprint density at radius 3 is 2.89 bits per heavy atom. The van der Waals surface area contributed by atoms with E-state index in [-0.39, 0.29) is 0 Å². The SMILES string of the molecule is Cc1cnc(Cn2c(N)nc3c(C)ccnc32)o1. The van der Waals surface area contributed by atoms with Gasteiger partial charge in [0.2, 0.25) is 11.8 Å². The summed E-state index contributed by atoms with van der Waals surface area (Å²) >= 11 is 0. The molecule has 0 unspecified atom stereocenters. The zero-order valence-electron chi connectivity index (χ0n) is 10.2. The average molecular weight is 243 g/mol. The van der Waals surface area contributed by atoms with E-state index >= 15 is 0 Å². The lowest BCUT2D eigenvalue weighted by Gasteiger charge is -2.02. The summed E-state index contributed by atoms with van der Waals surface area (Å²) in [5.74, 6) is 1.79. The van der Waals surface area contributed by atoms with Crippen LogP contribution in [0.1, 0.15) is 17.2 Å². The van der Waals surface area contributed by atoms with Gasteiger partial charge in [0, 0.05) is 6.20 Å². The molecule has 2 N–H and O–H groups in total. The molecule has 0 aliphatic carbocycles. The monoisotopic (exact) mass is 243 g/mol. The Balaban J connectivity index is 2.11. The lowest BCUT2D eigenvalue weighted by atomic mass is 10.3. The minimum atomic E-state index is 0.419. The van der Waals surface area contributed by atoms with Gasteiger partial charge in [-0.25, -0.2) is 15.0 Å².